The molecule has 0 N–H and O–H groups in total. The molecule has 0 saturated heterocycles. The molecule has 0 nitrogen and oxygen atoms in total. The van der Waals surface area contributed by atoms with Crippen LogP contribution in [0.2, 0.25) is 0 Å². The predicted octanol–water partition coefficient (Wildman–Crippen LogP) is 17.4. The van der Waals surface area contributed by atoms with E-state index in [4.69, 9.17) is 0 Å². The number of aryl methyl sites for hydroxylation is 3. The molecule has 0 atom stereocenters. The van der Waals surface area contributed by atoms with Crippen molar-refractivity contribution in [3.8, 4) is 11.1 Å². The summed E-state index contributed by atoms with van der Waals surface area (Å²) in [5, 5.41) is 0. The lowest BCUT2D eigenvalue weighted by Gasteiger charge is -2.20. The number of hydrogen-bond donors (Lipinski definition) is 0. The van der Waals surface area contributed by atoms with Crippen LogP contribution in [-0.2, 0) is 12.8 Å². The summed E-state index contributed by atoms with van der Waals surface area (Å²) < 4.78 is 0. The topological polar surface area (TPSA) is 0 Å². The van der Waals surface area contributed by atoms with E-state index < -0.39 is 0 Å². The van der Waals surface area contributed by atoms with E-state index in [2.05, 4.69) is 224 Å². The highest BCUT2D eigenvalue weighted by Crippen LogP contribution is 2.38. The van der Waals surface area contributed by atoms with Crippen molar-refractivity contribution in [1.29, 1.82) is 0 Å². The molecule has 0 unspecified atom stereocenters. The summed E-state index contributed by atoms with van der Waals surface area (Å²) in [7, 11) is 0. The van der Waals surface area contributed by atoms with Crippen molar-refractivity contribution in [2.45, 2.75) is 87.0 Å². The van der Waals surface area contributed by atoms with Gasteiger partial charge in [0.2, 0.25) is 0 Å². The van der Waals surface area contributed by atoms with Gasteiger partial charge in [-0.05, 0) is 216 Å². The fraction of sp³-hybridized carbons (Fsp3) is 0.213. The van der Waals surface area contributed by atoms with E-state index in [0.29, 0.717) is 0 Å². The summed E-state index contributed by atoms with van der Waals surface area (Å²) in [5.74, 6) is 0. The summed E-state index contributed by atoms with van der Waals surface area (Å²) in [4.78, 5) is 0. The Bertz CT molecular complexity index is 2680. The van der Waals surface area contributed by atoms with Crippen molar-refractivity contribution < 1.29 is 0 Å². The SMILES string of the molecule is C/C=C\C(=C/C)c1cc(C2=CC(c3cccc(-c4cccc(/C(C)=C(/C)c5ccccc5CCCc5ccccc5)c4)c3)=CCC2)cc(/C(C)=C(/CC)c2ccccc2C)c1. The maximum atomic E-state index is 2.45. The molecular formula is C61H62. The normalized spacial score (nSPS) is 14.0. The van der Waals surface area contributed by atoms with Crippen molar-refractivity contribution in [1.82, 2.24) is 0 Å². The van der Waals surface area contributed by atoms with Gasteiger partial charge < -0.3 is 0 Å². The van der Waals surface area contributed by atoms with Crippen LogP contribution in [0.1, 0.15) is 123 Å². The second-order valence-corrected chi connectivity index (χ2v) is 16.6. The minimum Gasteiger partial charge on any atom is -0.0871 e. The van der Waals surface area contributed by atoms with Gasteiger partial charge in [-0.25, -0.2) is 0 Å². The molecule has 0 spiro atoms. The molecule has 0 heteroatoms. The van der Waals surface area contributed by atoms with Crippen molar-refractivity contribution in [2.75, 3.05) is 0 Å². The fourth-order valence-electron chi connectivity index (χ4n) is 9.07. The Morgan fingerprint density at radius 2 is 1.25 bits per heavy atom. The summed E-state index contributed by atoms with van der Waals surface area (Å²) in [6, 6.07) is 54.1. The van der Waals surface area contributed by atoms with Gasteiger partial charge in [-0.1, -0.05) is 153 Å². The first-order chi connectivity index (χ1) is 29.8. The van der Waals surface area contributed by atoms with Crippen LogP contribution in [-0.4, -0.2) is 0 Å². The van der Waals surface area contributed by atoms with Crippen LogP contribution in [0.25, 0.3) is 50.1 Å². The van der Waals surface area contributed by atoms with Crippen molar-refractivity contribution in [3.05, 3.63) is 232 Å². The molecule has 0 heterocycles. The third-order valence-electron chi connectivity index (χ3n) is 12.7. The standard InChI is InChI=1S/C61H62/c1-8-22-48(9-2)57-40-56(46(7)59(10-3)60-35-16-14-23-43(60)4)41-58(42-57)55-34-21-33-54(39-55)53-32-20-31-52(38-53)51-30-19-29-50(37-51)44(5)45(6)61-36-17-15-27-49(61)28-18-26-47-24-12-11-13-25-47/h8-9,11-17,19-20,22-25,27,29-33,35-42H,10,18,21,26,28,34H2,1-7H3/b22-8-,45-44-,48-9+,59-46-. The largest absolute Gasteiger partial charge is 0.0871 e. The highest BCUT2D eigenvalue weighted by molar-refractivity contribution is 5.94. The molecule has 0 aromatic heterocycles. The van der Waals surface area contributed by atoms with Crippen molar-refractivity contribution >= 4 is 39.0 Å². The van der Waals surface area contributed by atoms with Gasteiger partial charge in [0.25, 0.3) is 0 Å². The number of allylic oxidation sites excluding steroid dienone is 12. The quantitative estimate of drug-likeness (QED) is 0.0761. The minimum atomic E-state index is 0.982. The number of benzene rings is 6. The molecule has 0 fully saturated rings. The first-order valence-electron chi connectivity index (χ1n) is 22.4. The first-order valence-corrected chi connectivity index (χ1v) is 22.4. The molecule has 6 aromatic rings. The maximum Gasteiger partial charge on any atom is -0.0175 e. The highest BCUT2D eigenvalue weighted by atomic mass is 14.2. The van der Waals surface area contributed by atoms with Crippen LogP contribution >= 0.6 is 0 Å². The Hall–Kier alpha value is -6.24. The zero-order chi connectivity index (χ0) is 42.7. The van der Waals surface area contributed by atoms with Gasteiger partial charge in [0.15, 0.2) is 0 Å². The average molecular weight is 795 g/mol. The van der Waals surface area contributed by atoms with Gasteiger partial charge in [0.1, 0.15) is 0 Å². The summed E-state index contributed by atoms with van der Waals surface area (Å²) in [6.45, 7) is 15.6. The van der Waals surface area contributed by atoms with E-state index in [-0.39, 0.29) is 0 Å². The van der Waals surface area contributed by atoms with Crippen molar-refractivity contribution in [3.63, 3.8) is 0 Å². The Morgan fingerprint density at radius 3 is 2.00 bits per heavy atom. The molecule has 0 amide bonds. The number of hydrogen-bond acceptors (Lipinski definition) is 0. The van der Waals surface area contributed by atoms with Gasteiger partial charge in [-0.15, -0.1) is 0 Å². The van der Waals surface area contributed by atoms with Crippen molar-refractivity contribution in [2.24, 2.45) is 0 Å². The average Bonchev–Trinajstić information content (AvgIpc) is 3.31. The smallest absolute Gasteiger partial charge is 0.0175 e. The van der Waals surface area contributed by atoms with E-state index in [1.54, 1.807) is 0 Å². The number of rotatable bonds is 14. The lowest BCUT2D eigenvalue weighted by molar-refractivity contribution is 0.819. The molecular weight excluding hydrogens is 733 g/mol. The van der Waals surface area contributed by atoms with Crippen LogP contribution < -0.4 is 0 Å². The van der Waals surface area contributed by atoms with E-state index >= 15 is 0 Å². The van der Waals surface area contributed by atoms with Gasteiger partial charge in [0, 0.05) is 0 Å². The van der Waals surface area contributed by atoms with Crippen LogP contribution in [0.5, 0.6) is 0 Å². The Labute approximate surface area is 367 Å². The van der Waals surface area contributed by atoms with E-state index in [1.165, 1.54) is 106 Å². The molecule has 0 aliphatic heterocycles. The molecule has 0 saturated carbocycles. The summed E-state index contributed by atoms with van der Waals surface area (Å²) in [6.07, 6.45) is 17.8. The molecule has 1 aliphatic rings. The highest BCUT2D eigenvalue weighted by Gasteiger charge is 2.16. The molecule has 61 heavy (non-hydrogen) atoms. The van der Waals surface area contributed by atoms with Crippen LogP contribution in [0.15, 0.2) is 176 Å². The van der Waals surface area contributed by atoms with Gasteiger partial charge in [-0.3, -0.25) is 0 Å². The summed E-state index contributed by atoms with van der Waals surface area (Å²) in [5.41, 5.74) is 25.1. The zero-order valence-corrected chi connectivity index (χ0v) is 37.5. The van der Waals surface area contributed by atoms with Gasteiger partial charge in [-0.2, -0.15) is 0 Å². The van der Waals surface area contributed by atoms with Gasteiger partial charge in [0.05, 0.1) is 0 Å². The fourth-order valence-corrected chi connectivity index (χ4v) is 9.07. The van der Waals surface area contributed by atoms with E-state index in [1.807, 2.05) is 0 Å². The van der Waals surface area contributed by atoms with Crippen LogP contribution in [0.3, 0.4) is 0 Å². The predicted molar refractivity (Wildman–Crippen MR) is 269 cm³/mol. The second-order valence-electron chi connectivity index (χ2n) is 16.6. The summed E-state index contributed by atoms with van der Waals surface area (Å²) >= 11 is 0. The van der Waals surface area contributed by atoms with Crippen LogP contribution in [0.4, 0.5) is 0 Å². The van der Waals surface area contributed by atoms with E-state index in [0.717, 1.165) is 38.5 Å². The molecule has 0 bridgehead atoms. The lowest BCUT2D eigenvalue weighted by Crippen LogP contribution is -1.98. The Balaban J connectivity index is 1.19. The lowest BCUT2D eigenvalue weighted by atomic mass is 9.85. The molecule has 6 aromatic carbocycles. The molecule has 0 radical (unpaired) electrons. The van der Waals surface area contributed by atoms with Crippen LogP contribution in [0, 0.1) is 6.92 Å². The third-order valence-corrected chi connectivity index (χ3v) is 12.7. The molecule has 306 valence electrons. The maximum absolute atomic E-state index is 2.45. The monoisotopic (exact) mass is 794 g/mol. The molecule has 7 rings (SSSR count). The molecule has 1 aliphatic carbocycles. The minimum absolute atomic E-state index is 0.982. The Morgan fingerprint density at radius 1 is 0.574 bits per heavy atom. The third kappa shape index (κ3) is 10.2. The van der Waals surface area contributed by atoms with Gasteiger partial charge >= 0.3 is 0 Å². The van der Waals surface area contributed by atoms with E-state index in [9.17, 15) is 0 Å². The second kappa shape index (κ2) is 20.3. The zero-order valence-electron chi connectivity index (χ0n) is 37.5. The first kappa shape index (κ1) is 42.9. The Kier molecular flexibility index (Phi) is 14.3.